The van der Waals surface area contributed by atoms with Crippen LogP contribution < -0.4 is 4.90 Å². The molecular formula is C24H33N6O2+. The number of imide groups is 1. The zero-order chi connectivity index (χ0) is 22.4. The lowest BCUT2D eigenvalue weighted by Crippen LogP contribution is -2.64. The first-order valence-electron chi connectivity index (χ1n) is 11.8. The van der Waals surface area contributed by atoms with Crippen LogP contribution in [0.1, 0.15) is 31.7 Å². The lowest BCUT2D eigenvalue weighted by atomic mass is 10.1. The van der Waals surface area contributed by atoms with Gasteiger partial charge in [0.05, 0.1) is 13.1 Å². The quantitative estimate of drug-likeness (QED) is 0.676. The van der Waals surface area contributed by atoms with Gasteiger partial charge in [0.1, 0.15) is 5.69 Å². The molecule has 170 valence electrons. The minimum atomic E-state index is -0.523. The molecule has 1 aromatic carbocycles. The number of aryl methyl sites for hydroxylation is 1. The van der Waals surface area contributed by atoms with E-state index in [0.29, 0.717) is 18.3 Å². The van der Waals surface area contributed by atoms with Crippen LogP contribution in [0.25, 0.3) is 0 Å². The predicted molar refractivity (Wildman–Crippen MR) is 124 cm³/mol. The van der Waals surface area contributed by atoms with Crippen molar-refractivity contribution in [2.75, 3.05) is 51.2 Å². The van der Waals surface area contributed by atoms with E-state index >= 15 is 0 Å². The highest BCUT2D eigenvalue weighted by molar-refractivity contribution is 6.24. The summed E-state index contributed by atoms with van der Waals surface area (Å²) in [6.45, 7) is 9.14. The van der Waals surface area contributed by atoms with Gasteiger partial charge in [-0.3, -0.25) is 14.6 Å². The van der Waals surface area contributed by atoms with Crippen LogP contribution in [0, 0.1) is 12.8 Å². The third-order valence-corrected chi connectivity index (χ3v) is 7.07. The third kappa shape index (κ3) is 3.60. The topological polar surface area (TPSA) is 62.5 Å². The van der Waals surface area contributed by atoms with E-state index in [1.54, 1.807) is 11.9 Å². The summed E-state index contributed by atoms with van der Waals surface area (Å²) in [5, 5.41) is 0. The molecule has 0 N–H and O–H groups in total. The number of benzene rings is 1. The SMILES string of the molecule is Cc1ccc(N2CC(C)C[N+]3=C2N=C2C3C(=O)N(CCN3CCCCC3)C(=O)N2C)cc1. The van der Waals surface area contributed by atoms with Gasteiger partial charge < -0.3 is 4.90 Å². The molecule has 5 rings (SSSR count). The molecule has 1 aromatic rings. The van der Waals surface area contributed by atoms with Gasteiger partial charge in [0.15, 0.2) is 0 Å². The molecule has 0 bridgehead atoms. The number of fused-ring (bicyclic) bond motifs is 2. The monoisotopic (exact) mass is 437 g/mol. The van der Waals surface area contributed by atoms with E-state index in [1.165, 1.54) is 29.7 Å². The van der Waals surface area contributed by atoms with Crippen molar-refractivity contribution in [3.63, 3.8) is 0 Å². The summed E-state index contributed by atoms with van der Waals surface area (Å²) in [7, 11) is 1.74. The normalized spacial score (nSPS) is 26.5. The summed E-state index contributed by atoms with van der Waals surface area (Å²) < 4.78 is 2.10. The van der Waals surface area contributed by atoms with Gasteiger partial charge >= 0.3 is 12.0 Å². The van der Waals surface area contributed by atoms with Crippen molar-refractivity contribution in [2.24, 2.45) is 10.9 Å². The van der Waals surface area contributed by atoms with Crippen LogP contribution in [0.4, 0.5) is 10.5 Å². The number of guanidine groups is 1. The predicted octanol–water partition coefficient (Wildman–Crippen LogP) is 1.98. The van der Waals surface area contributed by atoms with Crippen LogP contribution in [0.2, 0.25) is 0 Å². The summed E-state index contributed by atoms with van der Waals surface area (Å²) in [5.41, 5.74) is 2.27. The molecule has 4 aliphatic rings. The molecule has 32 heavy (non-hydrogen) atoms. The average molecular weight is 438 g/mol. The molecule has 2 saturated heterocycles. The first-order valence-corrected chi connectivity index (χ1v) is 11.8. The van der Waals surface area contributed by atoms with E-state index in [9.17, 15) is 9.59 Å². The van der Waals surface area contributed by atoms with Gasteiger partial charge in [0.2, 0.25) is 11.9 Å². The number of hydrogen-bond acceptors (Lipinski definition) is 5. The van der Waals surface area contributed by atoms with Crippen molar-refractivity contribution in [3.05, 3.63) is 29.8 Å². The highest BCUT2D eigenvalue weighted by Crippen LogP contribution is 2.28. The van der Waals surface area contributed by atoms with Crippen molar-refractivity contribution in [2.45, 2.75) is 39.2 Å². The average Bonchev–Trinajstić information content (AvgIpc) is 3.18. The maximum Gasteiger partial charge on any atom is 0.397 e. The molecule has 8 heteroatoms. The van der Waals surface area contributed by atoms with Gasteiger partial charge in [-0.25, -0.2) is 14.3 Å². The van der Waals surface area contributed by atoms with E-state index in [-0.39, 0.29) is 11.9 Å². The van der Waals surface area contributed by atoms with E-state index < -0.39 is 6.04 Å². The third-order valence-electron chi connectivity index (χ3n) is 7.07. The fourth-order valence-electron chi connectivity index (χ4n) is 5.27. The van der Waals surface area contributed by atoms with Crippen LogP contribution in [-0.2, 0) is 4.79 Å². The molecule has 8 nitrogen and oxygen atoms in total. The smallest absolute Gasteiger partial charge is 0.302 e. The number of likely N-dealkylation sites (N-methyl/N-ethyl adjacent to an activating group) is 1. The number of anilines is 1. The number of nitrogens with zero attached hydrogens (tertiary/aromatic N) is 6. The number of carbonyl (C=O) groups excluding carboxylic acids is 2. The summed E-state index contributed by atoms with van der Waals surface area (Å²) in [4.78, 5) is 39.1. The molecule has 3 amide bonds. The molecule has 2 atom stereocenters. The van der Waals surface area contributed by atoms with Gasteiger partial charge in [0, 0.05) is 26.1 Å². The van der Waals surface area contributed by atoms with Gasteiger partial charge in [-0.1, -0.05) is 36.0 Å². The number of hydrogen-bond donors (Lipinski definition) is 0. The van der Waals surface area contributed by atoms with E-state index in [2.05, 4.69) is 52.5 Å². The molecule has 2 unspecified atom stereocenters. The van der Waals surface area contributed by atoms with Crippen molar-refractivity contribution < 1.29 is 14.2 Å². The van der Waals surface area contributed by atoms with Crippen LogP contribution in [-0.4, -0.2) is 95.4 Å². The summed E-state index contributed by atoms with van der Waals surface area (Å²) in [6, 6.07) is 7.60. The number of piperidine rings is 1. The first-order chi connectivity index (χ1) is 15.4. The van der Waals surface area contributed by atoms with Crippen LogP contribution in [0.3, 0.4) is 0 Å². The minimum Gasteiger partial charge on any atom is -0.302 e. The van der Waals surface area contributed by atoms with Crippen LogP contribution >= 0.6 is 0 Å². The van der Waals surface area contributed by atoms with E-state index in [1.807, 2.05) is 0 Å². The minimum absolute atomic E-state index is 0.142. The van der Waals surface area contributed by atoms with Crippen molar-refractivity contribution in [3.8, 4) is 0 Å². The fraction of sp³-hybridized carbons (Fsp3) is 0.583. The Morgan fingerprint density at radius 2 is 1.78 bits per heavy atom. The zero-order valence-electron chi connectivity index (χ0n) is 19.3. The molecule has 4 aliphatic heterocycles. The van der Waals surface area contributed by atoms with E-state index in [4.69, 9.17) is 4.99 Å². The largest absolute Gasteiger partial charge is 0.397 e. The highest BCUT2D eigenvalue weighted by Gasteiger charge is 2.55. The maximum atomic E-state index is 13.6. The molecule has 0 saturated carbocycles. The molecule has 2 fully saturated rings. The number of rotatable bonds is 4. The van der Waals surface area contributed by atoms with E-state index in [0.717, 1.165) is 44.4 Å². The Morgan fingerprint density at radius 3 is 2.50 bits per heavy atom. The summed E-state index contributed by atoms with van der Waals surface area (Å²) >= 11 is 0. The lowest BCUT2D eigenvalue weighted by Gasteiger charge is -2.36. The Morgan fingerprint density at radius 1 is 1.06 bits per heavy atom. The Kier molecular flexibility index (Phi) is 5.49. The number of carbonyl (C=O) groups is 2. The lowest BCUT2D eigenvalue weighted by molar-refractivity contribution is -0.545. The maximum absolute atomic E-state index is 13.6. The summed E-state index contributed by atoms with van der Waals surface area (Å²) in [6.07, 6.45) is 3.66. The molecular weight excluding hydrogens is 404 g/mol. The number of amides is 3. The number of likely N-dealkylation sites (tertiary alicyclic amines) is 1. The standard InChI is InChI=1S/C24H33N6O2/c1-17-7-9-19(10-8-17)29-15-18(2)16-30-20-21(25-23(29)30)26(3)24(32)28(22(20)31)14-13-27-11-5-4-6-12-27/h7-10,18,20H,4-6,11-16H2,1-3H3/q+1. The van der Waals surface area contributed by atoms with Gasteiger partial charge in [-0.05, 0) is 45.0 Å². The van der Waals surface area contributed by atoms with Crippen LogP contribution in [0.5, 0.6) is 0 Å². The number of amidine groups is 1. The van der Waals surface area contributed by atoms with Crippen molar-refractivity contribution in [1.29, 1.82) is 0 Å². The van der Waals surface area contributed by atoms with Crippen LogP contribution in [0.15, 0.2) is 29.3 Å². The zero-order valence-corrected chi connectivity index (χ0v) is 19.3. The molecule has 0 aliphatic carbocycles. The molecule has 0 aromatic heterocycles. The first kappa shape index (κ1) is 21.1. The Bertz CT molecular complexity index is 979. The van der Waals surface area contributed by atoms with Crippen molar-refractivity contribution in [1.82, 2.24) is 14.7 Å². The Balaban J connectivity index is 1.43. The van der Waals surface area contributed by atoms with Gasteiger partial charge in [-0.2, -0.15) is 0 Å². The number of aliphatic imine (C=N–C) groups is 1. The second-order valence-corrected chi connectivity index (χ2v) is 9.61. The fourth-order valence-corrected chi connectivity index (χ4v) is 5.27. The number of urea groups is 1. The molecule has 4 heterocycles. The summed E-state index contributed by atoms with van der Waals surface area (Å²) in [5.74, 6) is 1.55. The van der Waals surface area contributed by atoms with Gasteiger partial charge in [0.25, 0.3) is 5.91 Å². The molecule has 0 spiro atoms. The second-order valence-electron chi connectivity index (χ2n) is 9.61. The van der Waals surface area contributed by atoms with Crippen molar-refractivity contribution >= 4 is 29.4 Å². The van der Waals surface area contributed by atoms with Gasteiger partial charge in [-0.15, -0.1) is 0 Å². The Labute approximate surface area is 189 Å². The highest BCUT2D eigenvalue weighted by atomic mass is 16.2. The Hall–Kier alpha value is -2.74. The molecule has 0 radical (unpaired) electrons. The second kappa shape index (κ2) is 8.31.